The number of nitrogens with zero attached hydrogens (tertiary/aromatic N) is 2. The van der Waals surface area contributed by atoms with Crippen LogP contribution in [0.2, 0.25) is 0 Å². The number of hydrogen-bond acceptors (Lipinski definition) is 4. The first-order valence-corrected chi connectivity index (χ1v) is 6.96. The van der Waals surface area contributed by atoms with Crippen molar-refractivity contribution < 1.29 is 4.79 Å². The average Bonchev–Trinajstić information content (AvgIpc) is 2.84. The highest BCUT2D eigenvalue weighted by molar-refractivity contribution is 9.10. The molecule has 0 saturated carbocycles. The molecule has 2 aromatic rings. The van der Waals surface area contributed by atoms with Gasteiger partial charge in [0.25, 0.3) is 5.91 Å². The van der Waals surface area contributed by atoms with Crippen molar-refractivity contribution in [2.75, 3.05) is 11.9 Å². The summed E-state index contributed by atoms with van der Waals surface area (Å²) in [6, 6.07) is 5.42. The van der Waals surface area contributed by atoms with E-state index in [-0.39, 0.29) is 5.91 Å². The fraction of sp³-hybridized carbons (Fsp3) is 0.167. The van der Waals surface area contributed by atoms with Gasteiger partial charge in [-0.1, -0.05) is 6.07 Å². The second-order valence-electron chi connectivity index (χ2n) is 3.72. The third kappa shape index (κ3) is 2.77. The number of anilines is 1. The van der Waals surface area contributed by atoms with Gasteiger partial charge in [0, 0.05) is 29.6 Å². The molecule has 0 aliphatic carbocycles. The molecule has 2 heterocycles. The Morgan fingerprint density at radius 2 is 2.33 bits per heavy atom. The summed E-state index contributed by atoms with van der Waals surface area (Å²) in [6.45, 7) is 0.426. The van der Waals surface area contributed by atoms with E-state index in [1.807, 2.05) is 17.5 Å². The van der Waals surface area contributed by atoms with E-state index >= 15 is 0 Å². The van der Waals surface area contributed by atoms with Crippen molar-refractivity contribution in [3.05, 3.63) is 45.5 Å². The van der Waals surface area contributed by atoms with Gasteiger partial charge in [-0.05, 0) is 33.6 Å². The maximum atomic E-state index is 12.2. The molecule has 94 valence electrons. The largest absolute Gasteiger partial charge is 0.326 e. The van der Waals surface area contributed by atoms with Crippen LogP contribution < -0.4 is 10.6 Å². The van der Waals surface area contributed by atoms with Crippen LogP contribution in [0.25, 0.3) is 0 Å². The van der Waals surface area contributed by atoms with Crippen molar-refractivity contribution in [1.82, 2.24) is 4.98 Å². The molecular formula is C12H12BrN3OS. The lowest BCUT2D eigenvalue weighted by atomic mass is 10.2. The standard InChI is InChI=1S/C12H12BrN3OS/c1-16(11-4-9(13)7-18-11)12(17)10-3-2-8(5-14)6-15-10/h2-4,6-7H,5,14H2,1H3. The predicted molar refractivity (Wildman–Crippen MR) is 76.9 cm³/mol. The topological polar surface area (TPSA) is 59.2 Å². The van der Waals surface area contributed by atoms with Crippen LogP contribution in [0.15, 0.2) is 34.2 Å². The summed E-state index contributed by atoms with van der Waals surface area (Å²) in [5.41, 5.74) is 6.82. The van der Waals surface area contributed by atoms with Crippen LogP contribution >= 0.6 is 27.3 Å². The van der Waals surface area contributed by atoms with Crippen LogP contribution in [0.5, 0.6) is 0 Å². The Morgan fingerprint density at radius 1 is 1.56 bits per heavy atom. The molecule has 0 unspecified atom stereocenters. The van der Waals surface area contributed by atoms with E-state index in [2.05, 4.69) is 20.9 Å². The molecule has 2 aromatic heterocycles. The first kappa shape index (κ1) is 13.2. The Labute approximate surface area is 118 Å². The van der Waals surface area contributed by atoms with Gasteiger partial charge in [0.15, 0.2) is 0 Å². The third-order valence-corrected chi connectivity index (χ3v) is 4.23. The Hall–Kier alpha value is -1.24. The molecule has 0 bridgehead atoms. The van der Waals surface area contributed by atoms with Crippen molar-refractivity contribution in [3.8, 4) is 0 Å². The maximum absolute atomic E-state index is 12.2. The molecule has 0 atom stereocenters. The molecular weight excluding hydrogens is 314 g/mol. The molecule has 0 radical (unpaired) electrons. The summed E-state index contributed by atoms with van der Waals surface area (Å²) in [7, 11) is 1.74. The van der Waals surface area contributed by atoms with Gasteiger partial charge in [-0.25, -0.2) is 0 Å². The van der Waals surface area contributed by atoms with E-state index in [1.54, 1.807) is 24.2 Å². The first-order chi connectivity index (χ1) is 8.61. The van der Waals surface area contributed by atoms with E-state index < -0.39 is 0 Å². The molecule has 1 amide bonds. The summed E-state index contributed by atoms with van der Waals surface area (Å²) < 4.78 is 0.966. The molecule has 2 rings (SSSR count). The number of hydrogen-bond donors (Lipinski definition) is 1. The summed E-state index contributed by atoms with van der Waals surface area (Å²) in [4.78, 5) is 17.9. The average molecular weight is 326 g/mol. The zero-order valence-electron chi connectivity index (χ0n) is 9.76. The molecule has 0 spiro atoms. The van der Waals surface area contributed by atoms with Crippen LogP contribution in [0.3, 0.4) is 0 Å². The van der Waals surface area contributed by atoms with Crippen LogP contribution in [0.4, 0.5) is 5.00 Å². The number of nitrogens with two attached hydrogens (primary N) is 1. The van der Waals surface area contributed by atoms with Gasteiger partial charge in [-0.2, -0.15) is 0 Å². The van der Waals surface area contributed by atoms with Gasteiger partial charge in [0.1, 0.15) is 5.69 Å². The number of halogens is 1. The first-order valence-electron chi connectivity index (χ1n) is 5.29. The van der Waals surface area contributed by atoms with Crippen LogP contribution in [0, 0.1) is 0 Å². The van der Waals surface area contributed by atoms with E-state index in [0.717, 1.165) is 15.0 Å². The highest BCUT2D eigenvalue weighted by atomic mass is 79.9. The zero-order chi connectivity index (χ0) is 13.1. The lowest BCUT2D eigenvalue weighted by Crippen LogP contribution is -2.26. The lowest BCUT2D eigenvalue weighted by molar-refractivity contribution is 0.0989. The van der Waals surface area contributed by atoms with Gasteiger partial charge >= 0.3 is 0 Å². The molecule has 0 aliphatic heterocycles. The predicted octanol–water partition coefficient (Wildman–Crippen LogP) is 2.64. The monoisotopic (exact) mass is 325 g/mol. The minimum absolute atomic E-state index is 0.132. The fourth-order valence-corrected chi connectivity index (χ4v) is 2.81. The summed E-state index contributed by atoms with van der Waals surface area (Å²) in [6.07, 6.45) is 1.63. The molecule has 0 saturated heterocycles. The Morgan fingerprint density at radius 3 is 2.83 bits per heavy atom. The smallest absolute Gasteiger partial charge is 0.277 e. The zero-order valence-corrected chi connectivity index (χ0v) is 12.2. The second-order valence-corrected chi connectivity index (χ2v) is 5.53. The van der Waals surface area contributed by atoms with Crippen LogP contribution in [-0.4, -0.2) is 17.9 Å². The molecule has 6 heteroatoms. The van der Waals surface area contributed by atoms with Crippen molar-refractivity contribution in [1.29, 1.82) is 0 Å². The van der Waals surface area contributed by atoms with Gasteiger partial charge in [0.2, 0.25) is 0 Å². The Balaban J connectivity index is 2.19. The minimum Gasteiger partial charge on any atom is -0.326 e. The van der Waals surface area contributed by atoms with Crippen molar-refractivity contribution in [3.63, 3.8) is 0 Å². The normalized spacial score (nSPS) is 10.4. The minimum atomic E-state index is -0.132. The van der Waals surface area contributed by atoms with Gasteiger partial charge in [-0.3, -0.25) is 9.78 Å². The molecule has 0 aromatic carbocycles. The number of carbonyl (C=O) groups is 1. The third-order valence-electron chi connectivity index (χ3n) is 2.47. The molecule has 18 heavy (non-hydrogen) atoms. The van der Waals surface area contributed by atoms with Gasteiger partial charge in [-0.15, -0.1) is 11.3 Å². The molecule has 0 fully saturated rings. The molecule has 2 N–H and O–H groups in total. The van der Waals surface area contributed by atoms with Crippen molar-refractivity contribution in [2.24, 2.45) is 5.73 Å². The van der Waals surface area contributed by atoms with Crippen molar-refractivity contribution >= 4 is 38.2 Å². The van der Waals surface area contributed by atoms with Crippen LogP contribution in [0.1, 0.15) is 16.1 Å². The number of rotatable bonds is 3. The van der Waals surface area contributed by atoms with Crippen molar-refractivity contribution in [2.45, 2.75) is 6.54 Å². The molecule has 4 nitrogen and oxygen atoms in total. The van der Waals surface area contributed by atoms with E-state index in [4.69, 9.17) is 5.73 Å². The maximum Gasteiger partial charge on any atom is 0.277 e. The summed E-state index contributed by atoms with van der Waals surface area (Å²) in [5, 5.41) is 2.81. The van der Waals surface area contributed by atoms with E-state index in [1.165, 1.54) is 11.3 Å². The number of pyridine rings is 1. The van der Waals surface area contributed by atoms with Gasteiger partial charge in [0.05, 0.1) is 5.00 Å². The van der Waals surface area contributed by atoms with Crippen LogP contribution in [-0.2, 0) is 6.54 Å². The Bertz CT molecular complexity index is 553. The number of aromatic nitrogens is 1. The highest BCUT2D eigenvalue weighted by Crippen LogP contribution is 2.28. The number of thiophene rings is 1. The highest BCUT2D eigenvalue weighted by Gasteiger charge is 2.16. The lowest BCUT2D eigenvalue weighted by Gasteiger charge is -2.14. The molecule has 0 aliphatic rings. The Kier molecular flexibility index (Phi) is 4.11. The summed E-state index contributed by atoms with van der Waals surface area (Å²) in [5.74, 6) is -0.132. The summed E-state index contributed by atoms with van der Waals surface area (Å²) >= 11 is 4.87. The fourth-order valence-electron chi connectivity index (χ4n) is 1.42. The SMILES string of the molecule is CN(C(=O)c1ccc(CN)cn1)c1cc(Br)cs1. The van der Waals surface area contributed by atoms with E-state index in [0.29, 0.717) is 12.2 Å². The number of amides is 1. The van der Waals surface area contributed by atoms with E-state index in [9.17, 15) is 4.79 Å². The van der Waals surface area contributed by atoms with Gasteiger partial charge < -0.3 is 10.6 Å². The second kappa shape index (κ2) is 5.60. The number of carbonyl (C=O) groups excluding carboxylic acids is 1. The quantitative estimate of drug-likeness (QED) is 0.943.